The molecule has 2 fully saturated rings. The van der Waals surface area contributed by atoms with Crippen LogP contribution in [0.1, 0.15) is 53.0 Å². The van der Waals surface area contributed by atoms with Gasteiger partial charge in [-0.25, -0.2) is 4.98 Å². The molecule has 4 heterocycles. The minimum absolute atomic E-state index is 0.116. The monoisotopic (exact) mass is 420 g/mol. The lowest BCUT2D eigenvalue weighted by molar-refractivity contribution is 0.0959. The third-order valence-corrected chi connectivity index (χ3v) is 7.68. The molecule has 0 radical (unpaired) electrons. The zero-order chi connectivity index (χ0) is 20.7. The summed E-state index contributed by atoms with van der Waals surface area (Å²) >= 11 is 1.36. The van der Waals surface area contributed by atoms with Gasteiger partial charge in [-0.15, -0.1) is 11.3 Å². The summed E-state index contributed by atoms with van der Waals surface area (Å²) in [5.74, 6) is -0.116. The van der Waals surface area contributed by atoms with Crippen molar-refractivity contribution < 1.29 is 4.79 Å². The minimum Gasteiger partial charge on any atom is -0.397 e. The Hall–Kier alpha value is -2.60. The fourth-order valence-electron chi connectivity index (χ4n) is 5.03. The number of pyridine rings is 1. The first-order valence-electron chi connectivity index (χ1n) is 10.9. The molecule has 5 nitrogen and oxygen atoms in total. The zero-order valence-corrected chi connectivity index (χ0v) is 18.2. The zero-order valence-electron chi connectivity index (χ0n) is 17.4. The van der Waals surface area contributed by atoms with Crippen LogP contribution in [0.15, 0.2) is 36.4 Å². The Morgan fingerprint density at radius 2 is 1.87 bits per heavy atom. The van der Waals surface area contributed by atoms with Crippen molar-refractivity contribution in [3.05, 3.63) is 52.5 Å². The first kappa shape index (κ1) is 19.4. The normalized spacial score (nSPS) is 20.6. The number of carbonyl (C=O) groups excluding carboxylic acids is 1. The lowest BCUT2D eigenvalue weighted by Crippen LogP contribution is -2.39. The van der Waals surface area contributed by atoms with E-state index in [1.807, 2.05) is 19.1 Å². The van der Waals surface area contributed by atoms with Gasteiger partial charge >= 0.3 is 0 Å². The van der Waals surface area contributed by atoms with Gasteiger partial charge in [-0.1, -0.05) is 12.1 Å². The van der Waals surface area contributed by atoms with Crippen molar-refractivity contribution >= 4 is 38.8 Å². The lowest BCUT2D eigenvalue weighted by atomic mass is 10.0. The molecule has 0 saturated carbocycles. The van der Waals surface area contributed by atoms with Gasteiger partial charge in [0.1, 0.15) is 9.71 Å². The number of nitrogens with two attached hydrogens (primary N) is 1. The number of thiophene rings is 1. The predicted octanol–water partition coefficient (Wildman–Crippen LogP) is 4.68. The van der Waals surface area contributed by atoms with E-state index in [1.165, 1.54) is 54.7 Å². The van der Waals surface area contributed by atoms with Gasteiger partial charge in [0.15, 0.2) is 0 Å². The number of aryl methyl sites for hydroxylation is 1. The van der Waals surface area contributed by atoms with Gasteiger partial charge in [0.2, 0.25) is 0 Å². The van der Waals surface area contributed by atoms with Crippen LogP contribution in [0.3, 0.4) is 0 Å². The maximum Gasteiger partial charge on any atom is 0.263 e. The van der Waals surface area contributed by atoms with Crippen LogP contribution < -0.4 is 16.0 Å². The van der Waals surface area contributed by atoms with Crippen molar-refractivity contribution in [2.45, 2.75) is 57.5 Å². The number of nitrogens with zero attached hydrogens (tertiary/aromatic N) is 2. The number of carbonyl (C=O) groups is 1. The molecule has 2 atom stereocenters. The highest BCUT2D eigenvalue weighted by Crippen LogP contribution is 2.39. The summed E-state index contributed by atoms with van der Waals surface area (Å²) < 4.78 is 0. The van der Waals surface area contributed by atoms with E-state index in [-0.39, 0.29) is 5.91 Å². The van der Waals surface area contributed by atoms with Crippen LogP contribution in [0.25, 0.3) is 10.2 Å². The molecule has 2 aromatic heterocycles. The molecule has 156 valence electrons. The number of fused-ring (bicyclic) bond motifs is 3. The summed E-state index contributed by atoms with van der Waals surface area (Å²) in [6.07, 6.45) is 7.54. The number of aromatic nitrogens is 1. The van der Waals surface area contributed by atoms with Gasteiger partial charge in [-0.05, 0) is 75.3 Å². The van der Waals surface area contributed by atoms with Gasteiger partial charge in [-0.2, -0.15) is 0 Å². The van der Waals surface area contributed by atoms with Crippen molar-refractivity contribution in [2.24, 2.45) is 0 Å². The molecular formula is C24H28N4OS. The number of hydrogen-bond acceptors (Lipinski definition) is 5. The van der Waals surface area contributed by atoms with Gasteiger partial charge in [0.05, 0.1) is 5.69 Å². The van der Waals surface area contributed by atoms with Crippen LogP contribution >= 0.6 is 11.3 Å². The number of nitrogens with one attached hydrogen (secondary N) is 1. The molecule has 6 heteroatoms. The number of anilines is 2. The summed E-state index contributed by atoms with van der Waals surface area (Å²) in [7, 11) is 0. The highest BCUT2D eigenvalue weighted by Gasteiger charge is 2.36. The minimum atomic E-state index is -0.116. The molecule has 3 N–H and O–H groups in total. The van der Waals surface area contributed by atoms with E-state index < -0.39 is 0 Å². The van der Waals surface area contributed by atoms with Crippen LogP contribution in [0.4, 0.5) is 11.4 Å². The fourth-order valence-corrected chi connectivity index (χ4v) is 6.09. The summed E-state index contributed by atoms with van der Waals surface area (Å²) in [5, 5.41) is 3.88. The molecule has 2 aliphatic rings. The molecule has 30 heavy (non-hydrogen) atoms. The topological polar surface area (TPSA) is 71.2 Å². The van der Waals surface area contributed by atoms with E-state index >= 15 is 0 Å². The molecule has 2 saturated heterocycles. The van der Waals surface area contributed by atoms with Crippen LogP contribution in [-0.2, 0) is 6.42 Å². The number of amides is 1. The van der Waals surface area contributed by atoms with Crippen LogP contribution in [0, 0.1) is 6.92 Å². The fraction of sp³-hybridized carbons (Fsp3) is 0.417. The molecule has 3 aromatic rings. The standard InChI is InChI=1S/C24H28N4OS/c1-15-5-12-20-21(25)22(30-24(20)27-15)23(29)26-14-13-16-6-8-19(9-7-16)28-17-3-2-4-18(28)11-10-17/h5-9,12,17-18H,2-4,10-11,13-14,25H2,1H3,(H,26,29). The van der Waals surface area contributed by atoms with Crippen LogP contribution in [0.5, 0.6) is 0 Å². The van der Waals surface area contributed by atoms with Gasteiger partial charge < -0.3 is 16.0 Å². The predicted molar refractivity (Wildman–Crippen MR) is 124 cm³/mol. The Bertz CT molecular complexity index is 1060. The quantitative estimate of drug-likeness (QED) is 0.629. The lowest BCUT2D eigenvalue weighted by Gasteiger charge is -2.36. The van der Waals surface area contributed by atoms with Crippen LogP contribution in [-0.4, -0.2) is 29.5 Å². The van der Waals surface area contributed by atoms with E-state index in [9.17, 15) is 4.79 Å². The second kappa shape index (κ2) is 7.91. The summed E-state index contributed by atoms with van der Waals surface area (Å²) in [6, 6.07) is 14.3. The molecule has 0 aliphatic carbocycles. The van der Waals surface area contributed by atoms with Gasteiger partial charge in [0, 0.05) is 35.4 Å². The first-order valence-corrected chi connectivity index (χ1v) is 11.7. The number of nitrogen functional groups attached to an aromatic ring is 1. The first-order chi connectivity index (χ1) is 14.6. The van der Waals surface area contributed by atoms with E-state index in [4.69, 9.17) is 5.73 Å². The molecule has 1 amide bonds. The van der Waals surface area contributed by atoms with Crippen molar-refractivity contribution in [1.82, 2.24) is 10.3 Å². The number of hydrogen-bond donors (Lipinski definition) is 2. The smallest absolute Gasteiger partial charge is 0.263 e. The van der Waals surface area contributed by atoms with Crippen molar-refractivity contribution in [3.63, 3.8) is 0 Å². The summed E-state index contributed by atoms with van der Waals surface area (Å²) in [4.78, 5) is 21.1. The Morgan fingerprint density at radius 3 is 2.60 bits per heavy atom. The SMILES string of the molecule is Cc1ccc2c(N)c(C(=O)NCCc3ccc(N4C5CCCC4CC5)cc3)sc2n1. The Balaban J connectivity index is 1.20. The average molecular weight is 421 g/mol. The highest BCUT2D eigenvalue weighted by molar-refractivity contribution is 7.21. The maximum atomic E-state index is 12.6. The molecule has 0 spiro atoms. The maximum absolute atomic E-state index is 12.6. The number of benzene rings is 1. The van der Waals surface area contributed by atoms with Gasteiger partial charge in [-0.3, -0.25) is 4.79 Å². The third-order valence-electron chi connectivity index (χ3n) is 6.57. The number of piperidine rings is 1. The molecule has 2 unspecified atom stereocenters. The summed E-state index contributed by atoms with van der Waals surface area (Å²) in [5.41, 5.74) is 10.2. The van der Waals surface area contributed by atoms with E-state index in [0.717, 1.165) is 34.4 Å². The second-order valence-electron chi connectivity index (χ2n) is 8.55. The largest absolute Gasteiger partial charge is 0.397 e. The van der Waals surface area contributed by atoms with Gasteiger partial charge in [0.25, 0.3) is 5.91 Å². The van der Waals surface area contributed by atoms with E-state index in [0.29, 0.717) is 17.1 Å². The Kier molecular flexibility index (Phi) is 5.11. The molecule has 2 aliphatic heterocycles. The molecule has 5 rings (SSSR count). The van der Waals surface area contributed by atoms with Crippen molar-refractivity contribution in [1.29, 1.82) is 0 Å². The van der Waals surface area contributed by atoms with E-state index in [2.05, 4.69) is 39.5 Å². The summed E-state index contributed by atoms with van der Waals surface area (Å²) in [6.45, 7) is 2.53. The molecular weight excluding hydrogens is 392 g/mol. The number of rotatable bonds is 5. The van der Waals surface area contributed by atoms with Crippen molar-refractivity contribution in [3.8, 4) is 0 Å². The average Bonchev–Trinajstić information content (AvgIpc) is 3.20. The Labute approximate surface area is 181 Å². The third kappa shape index (κ3) is 3.54. The van der Waals surface area contributed by atoms with Crippen LogP contribution in [0.2, 0.25) is 0 Å². The molecule has 1 aromatic carbocycles. The second-order valence-corrected chi connectivity index (χ2v) is 9.54. The molecule has 2 bridgehead atoms. The van der Waals surface area contributed by atoms with Crippen molar-refractivity contribution in [2.75, 3.05) is 17.2 Å². The Morgan fingerprint density at radius 1 is 1.13 bits per heavy atom. The van der Waals surface area contributed by atoms with E-state index in [1.54, 1.807) is 0 Å². The highest BCUT2D eigenvalue weighted by atomic mass is 32.1.